The van der Waals surface area contributed by atoms with Gasteiger partial charge < -0.3 is 19.3 Å². The highest BCUT2D eigenvalue weighted by atomic mass is 16.5. The molecule has 136 valence electrons. The number of benzene rings is 1. The Kier molecular flexibility index (Phi) is 7.62. The van der Waals surface area contributed by atoms with Crippen LogP contribution < -0.4 is 0 Å². The van der Waals surface area contributed by atoms with Crippen LogP contribution in [0.25, 0.3) is 0 Å². The average molecular weight is 348 g/mol. The van der Waals surface area contributed by atoms with Crippen LogP contribution in [0.1, 0.15) is 32.3 Å². The Morgan fingerprint density at radius 2 is 1.76 bits per heavy atom. The zero-order valence-electron chi connectivity index (χ0n) is 15.0. The first-order chi connectivity index (χ1) is 11.7. The van der Waals surface area contributed by atoms with E-state index in [1.54, 1.807) is 13.8 Å². The maximum atomic E-state index is 11.8. The maximum absolute atomic E-state index is 11.8. The lowest BCUT2D eigenvalue weighted by atomic mass is 9.95. The monoisotopic (exact) mass is 348 g/mol. The lowest BCUT2D eigenvalue weighted by molar-refractivity contribution is -0.168. The minimum atomic E-state index is -2.05. The van der Waals surface area contributed by atoms with Gasteiger partial charge in [-0.05, 0) is 19.4 Å². The quantitative estimate of drug-likeness (QED) is 0.598. The third kappa shape index (κ3) is 6.96. The van der Waals surface area contributed by atoms with Gasteiger partial charge in [0.25, 0.3) is 0 Å². The summed E-state index contributed by atoms with van der Waals surface area (Å²) < 4.78 is 14.8. The SMILES string of the molecule is COC(=O)C[C@](O)(CC#CC(C)(C)OCc1ccccc1)C(=O)OC. The van der Waals surface area contributed by atoms with Crippen molar-refractivity contribution < 1.29 is 28.9 Å². The van der Waals surface area contributed by atoms with Gasteiger partial charge in [0, 0.05) is 6.42 Å². The summed E-state index contributed by atoms with van der Waals surface area (Å²) in [7, 11) is 2.30. The molecule has 0 amide bonds. The zero-order valence-corrected chi connectivity index (χ0v) is 15.0. The van der Waals surface area contributed by atoms with E-state index in [0.29, 0.717) is 6.61 Å². The van der Waals surface area contributed by atoms with Crippen molar-refractivity contribution in [3.8, 4) is 11.8 Å². The Balaban J connectivity index is 2.74. The largest absolute Gasteiger partial charge is 0.469 e. The molecule has 0 fully saturated rings. The Hall–Kier alpha value is -2.36. The van der Waals surface area contributed by atoms with E-state index in [2.05, 4.69) is 21.3 Å². The van der Waals surface area contributed by atoms with Gasteiger partial charge in [0.15, 0.2) is 5.60 Å². The second-order valence-corrected chi connectivity index (χ2v) is 6.04. The molecule has 0 bridgehead atoms. The van der Waals surface area contributed by atoms with Crippen LogP contribution in [0.2, 0.25) is 0 Å². The fraction of sp³-hybridized carbons (Fsp3) is 0.474. The van der Waals surface area contributed by atoms with Crippen LogP contribution in [0.3, 0.4) is 0 Å². The first-order valence-electron chi connectivity index (χ1n) is 7.78. The van der Waals surface area contributed by atoms with Gasteiger partial charge in [-0.15, -0.1) is 0 Å². The molecule has 0 unspecified atom stereocenters. The van der Waals surface area contributed by atoms with Crippen LogP contribution in [0, 0.1) is 11.8 Å². The maximum Gasteiger partial charge on any atom is 0.339 e. The van der Waals surface area contributed by atoms with Crippen molar-refractivity contribution in [2.45, 2.75) is 44.5 Å². The summed E-state index contributed by atoms with van der Waals surface area (Å²) in [5, 5.41) is 10.4. The number of hydrogen-bond donors (Lipinski definition) is 1. The summed E-state index contributed by atoms with van der Waals surface area (Å²) in [6.07, 6.45) is -0.803. The summed E-state index contributed by atoms with van der Waals surface area (Å²) in [5.74, 6) is 3.91. The molecule has 25 heavy (non-hydrogen) atoms. The lowest BCUT2D eigenvalue weighted by Crippen LogP contribution is -2.41. The Morgan fingerprint density at radius 1 is 1.12 bits per heavy atom. The molecule has 0 aliphatic carbocycles. The number of carbonyl (C=O) groups is 2. The number of ether oxygens (including phenoxy) is 3. The standard InChI is InChI=1S/C19H24O6/c1-18(2,25-14-15-9-6-5-7-10-15)11-8-12-19(22,17(21)24-4)13-16(20)23-3/h5-7,9-10,22H,12-14H2,1-4H3/t19-/m1/s1. The molecule has 0 aromatic heterocycles. The number of hydrogen-bond acceptors (Lipinski definition) is 6. The highest BCUT2D eigenvalue weighted by Gasteiger charge is 2.39. The summed E-state index contributed by atoms with van der Waals surface area (Å²) in [6, 6.07) is 9.64. The minimum absolute atomic E-state index is 0.271. The van der Waals surface area contributed by atoms with E-state index in [0.717, 1.165) is 12.7 Å². The first kappa shape index (κ1) is 20.7. The van der Waals surface area contributed by atoms with Gasteiger partial charge in [-0.1, -0.05) is 42.2 Å². The molecule has 6 heteroatoms. The molecular weight excluding hydrogens is 324 g/mol. The summed E-state index contributed by atoms with van der Waals surface area (Å²) in [4.78, 5) is 23.2. The van der Waals surface area contributed by atoms with E-state index in [1.807, 2.05) is 30.3 Å². The summed E-state index contributed by atoms with van der Waals surface area (Å²) in [5.41, 5.74) is -1.84. The number of rotatable bonds is 7. The van der Waals surface area contributed by atoms with Gasteiger partial charge in [0.2, 0.25) is 0 Å². The van der Waals surface area contributed by atoms with E-state index in [9.17, 15) is 14.7 Å². The molecule has 0 saturated carbocycles. The number of carbonyl (C=O) groups excluding carboxylic acids is 2. The molecule has 1 atom stereocenters. The summed E-state index contributed by atoms with van der Waals surface area (Å²) >= 11 is 0. The van der Waals surface area contributed by atoms with Crippen LogP contribution >= 0.6 is 0 Å². The Bertz CT molecular complexity index is 641. The molecule has 0 saturated heterocycles. The third-order valence-electron chi connectivity index (χ3n) is 3.44. The van der Waals surface area contributed by atoms with Gasteiger partial charge in [0.05, 0.1) is 27.2 Å². The smallest absolute Gasteiger partial charge is 0.339 e. The highest BCUT2D eigenvalue weighted by molar-refractivity contribution is 5.85. The number of esters is 2. The van der Waals surface area contributed by atoms with Crippen molar-refractivity contribution in [2.75, 3.05) is 14.2 Å². The molecule has 0 heterocycles. The van der Waals surface area contributed by atoms with Gasteiger partial charge in [0.1, 0.15) is 5.60 Å². The highest BCUT2D eigenvalue weighted by Crippen LogP contribution is 2.19. The van der Waals surface area contributed by atoms with Crippen LogP contribution in [0.15, 0.2) is 30.3 Å². The minimum Gasteiger partial charge on any atom is -0.469 e. The van der Waals surface area contributed by atoms with E-state index in [-0.39, 0.29) is 6.42 Å². The first-order valence-corrected chi connectivity index (χ1v) is 7.78. The van der Waals surface area contributed by atoms with Crippen molar-refractivity contribution in [1.29, 1.82) is 0 Å². The topological polar surface area (TPSA) is 82.1 Å². The molecule has 0 radical (unpaired) electrons. The summed E-state index contributed by atoms with van der Waals surface area (Å²) in [6.45, 7) is 3.94. The fourth-order valence-corrected chi connectivity index (χ4v) is 1.99. The molecule has 0 aliphatic rings. The van der Waals surface area contributed by atoms with Gasteiger partial charge >= 0.3 is 11.9 Å². The van der Waals surface area contributed by atoms with Crippen molar-refractivity contribution in [1.82, 2.24) is 0 Å². The third-order valence-corrected chi connectivity index (χ3v) is 3.44. The molecule has 0 aliphatic heterocycles. The second kappa shape index (κ2) is 9.21. The lowest BCUT2D eigenvalue weighted by Gasteiger charge is -2.22. The van der Waals surface area contributed by atoms with Crippen LogP contribution in [0.4, 0.5) is 0 Å². The molecule has 1 N–H and O–H groups in total. The van der Waals surface area contributed by atoms with Crippen molar-refractivity contribution in [3.63, 3.8) is 0 Å². The Labute approximate surface area is 148 Å². The van der Waals surface area contributed by atoms with E-state index >= 15 is 0 Å². The molecule has 1 aromatic carbocycles. The number of aliphatic hydroxyl groups is 1. The molecule has 1 aromatic rings. The van der Waals surface area contributed by atoms with Crippen LogP contribution in [-0.2, 0) is 30.4 Å². The second-order valence-electron chi connectivity index (χ2n) is 6.04. The molecule has 1 rings (SSSR count). The van der Waals surface area contributed by atoms with Crippen molar-refractivity contribution >= 4 is 11.9 Å². The normalized spacial score (nSPS) is 13.2. The van der Waals surface area contributed by atoms with Gasteiger partial charge in [-0.2, -0.15) is 0 Å². The van der Waals surface area contributed by atoms with E-state index in [1.165, 1.54) is 7.11 Å². The fourth-order valence-electron chi connectivity index (χ4n) is 1.99. The van der Waals surface area contributed by atoms with Crippen molar-refractivity contribution in [2.24, 2.45) is 0 Å². The predicted octanol–water partition coefficient (Wildman–Crippen LogP) is 1.84. The molecule has 6 nitrogen and oxygen atoms in total. The Morgan fingerprint density at radius 3 is 2.32 bits per heavy atom. The van der Waals surface area contributed by atoms with Crippen LogP contribution in [0.5, 0.6) is 0 Å². The van der Waals surface area contributed by atoms with Gasteiger partial charge in [-0.25, -0.2) is 4.79 Å². The predicted molar refractivity (Wildman–Crippen MR) is 91.3 cm³/mol. The van der Waals surface area contributed by atoms with Crippen molar-refractivity contribution in [3.05, 3.63) is 35.9 Å². The average Bonchev–Trinajstić information content (AvgIpc) is 2.59. The van der Waals surface area contributed by atoms with E-state index < -0.39 is 29.6 Å². The zero-order chi connectivity index (χ0) is 18.9. The van der Waals surface area contributed by atoms with Crippen LogP contribution in [-0.4, -0.2) is 42.5 Å². The van der Waals surface area contributed by atoms with E-state index in [4.69, 9.17) is 4.74 Å². The number of methoxy groups -OCH3 is 2. The molecule has 0 spiro atoms. The molecular formula is C19H24O6. The van der Waals surface area contributed by atoms with Gasteiger partial charge in [-0.3, -0.25) is 4.79 Å².